The van der Waals surface area contributed by atoms with Crippen molar-refractivity contribution in [3.05, 3.63) is 29.8 Å². The first-order valence-corrected chi connectivity index (χ1v) is 5.06. The monoisotopic (exact) mass is 203 g/mol. The molecule has 0 aliphatic carbocycles. The Morgan fingerprint density at radius 2 is 1.93 bits per heavy atom. The van der Waals surface area contributed by atoms with Crippen LogP contribution in [-0.2, 0) is 0 Å². The van der Waals surface area contributed by atoms with E-state index in [1.807, 2.05) is 24.3 Å². The molecule has 0 fully saturated rings. The van der Waals surface area contributed by atoms with Crippen molar-refractivity contribution in [2.75, 3.05) is 27.2 Å². The summed E-state index contributed by atoms with van der Waals surface area (Å²) in [5.74, 6) is 3.46. The molecule has 0 amide bonds. The molecule has 0 aliphatic heterocycles. The van der Waals surface area contributed by atoms with Crippen LogP contribution >= 0.6 is 0 Å². The van der Waals surface area contributed by atoms with Crippen LogP contribution in [-0.4, -0.2) is 32.1 Å². The number of benzene rings is 1. The van der Waals surface area contributed by atoms with Gasteiger partial charge < -0.3 is 9.64 Å². The number of ether oxygens (including phenoxy) is 1. The van der Waals surface area contributed by atoms with Crippen LogP contribution in [0, 0.1) is 12.3 Å². The van der Waals surface area contributed by atoms with Crippen molar-refractivity contribution in [3.63, 3.8) is 0 Å². The van der Waals surface area contributed by atoms with Crippen LogP contribution in [0.4, 0.5) is 0 Å². The highest BCUT2D eigenvalue weighted by molar-refractivity contribution is 5.36. The van der Waals surface area contributed by atoms with Crippen LogP contribution in [0.1, 0.15) is 12.0 Å². The lowest BCUT2D eigenvalue weighted by Gasteiger charge is -2.10. The lowest BCUT2D eigenvalue weighted by molar-refractivity contribution is 0.281. The maximum Gasteiger partial charge on any atom is 0.119 e. The van der Waals surface area contributed by atoms with Crippen molar-refractivity contribution >= 4 is 0 Å². The predicted octanol–water partition coefficient (Wildman–Crippen LogP) is 2.00. The maximum atomic E-state index is 5.56. The van der Waals surface area contributed by atoms with Gasteiger partial charge in [0.1, 0.15) is 5.75 Å². The van der Waals surface area contributed by atoms with Gasteiger partial charge in [-0.15, -0.1) is 6.42 Å². The van der Waals surface area contributed by atoms with Gasteiger partial charge in [-0.3, -0.25) is 0 Å². The number of hydrogen-bond donors (Lipinski definition) is 0. The maximum absolute atomic E-state index is 5.56. The van der Waals surface area contributed by atoms with Gasteiger partial charge in [-0.1, -0.05) is 5.92 Å². The van der Waals surface area contributed by atoms with E-state index in [9.17, 15) is 0 Å². The summed E-state index contributed by atoms with van der Waals surface area (Å²) in [6.45, 7) is 1.79. The molecule has 1 aromatic rings. The molecule has 0 N–H and O–H groups in total. The van der Waals surface area contributed by atoms with Crippen molar-refractivity contribution in [2.24, 2.45) is 0 Å². The van der Waals surface area contributed by atoms with Crippen LogP contribution < -0.4 is 4.74 Å². The third-order valence-electron chi connectivity index (χ3n) is 2.04. The Balaban J connectivity index is 2.29. The van der Waals surface area contributed by atoms with Crippen molar-refractivity contribution in [1.82, 2.24) is 4.90 Å². The lowest BCUT2D eigenvalue weighted by Crippen LogP contribution is -2.15. The molecule has 1 rings (SSSR count). The van der Waals surface area contributed by atoms with Gasteiger partial charge in [-0.25, -0.2) is 0 Å². The Labute approximate surface area is 91.9 Å². The normalized spacial score (nSPS) is 10.0. The largest absolute Gasteiger partial charge is 0.494 e. The van der Waals surface area contributed by atoms with E-state index >= 15 is 0 Å². The first-order chi connectivity index (χ1) is 7.22. The van der Waals surface area contributed by atoms with Crippen molar-refractivity contribution < 1.29 is 4.74 Å². The van der Waals surface area contributed by atoms with Crippen LogP contribution in [0.15, 0.2) is 24.3 Å². The van der Waals surface area contributed by atoms with Gasteiger partial charge in [-0.05, 0) is 44.8 Å². The van der Waals surface area contributed by atoms with E-state index in [0.717, 1.165) is 30.9 Å². The number of terminal acetylenes is 1. The van der Waals surface area contributed by atoms with Crippen LogP contribution in [0.25, 0.3) is 0 Å². The lowest BCUT2D eigenvalue weighted by atomic mass is 10.2. The Hall–Kier alpha value is -1.46. The number of rotatable bonds is 5. The fourth-order valence-corrected chi connectivity index (χ4v) is 1.22. The van der Waals surface area contributed by atoms with Gasteiger partial charge in [0.05, 0.1) is 6.61 Å². The second kappa shape index (κ2) is 6.10. The first kappa shape index (κ1) is 11.6. The Morgan fingerprint density at radius 1 is 1.27 bits per heavy atom. The standard InChI is InChI=1S/C13H17NO/c1-4-12-6-8-13(9-7-12)15-11-5-10-14(2)3/h1,6-9H,5,10-11H2,2-3H3. The minimum absolute atomic E-state index is 0.744. The van der Waals surface area contributed by atoms with E-state index in [1.165, 1.54) is 0 Å². The van der Waals surface area contributed by atoms with Gasteiger partial charge in [-0.2, -0.15) is 0 Å². The summed E-state index contributed by atoms with van der Waals surface area (Å²) in [5.41, 5.74) is 0.885. The van der Waals surface area contributed by atoms with Gasteiger partial charge in [0.2, 0.25) is 0 Å². The molecule has 0 aliphatic rings. The molecule has 0 spiro atoms. The van der Waals surface area contributed by atoms with Crippen LogP contribution in [0.2, 0.25) is 0 Å². The summed E-state index contributed by atoms with van der Waals surface area (Å²) < 4.78 is 5.56. The van der Waals surface area contributed by atoms with E-state index in [-0.39, 0.29) is 0 Å². The van der Waals surface area contributed by atoms with Gasteiger partial charge in [0.25, 0.3) is 0 Å². The summed E-state index contributed by atoms with van der Waals surface area (Å²) in [6.07, 6.45) is 6.29. The highest BCUT2D eigenvalue weighted by atomic mass is 16.5. The molecular weight excluding hydrogens is 186 g/mol. The summed E-state index contributed by atoms with van der Waals surface area (Å²) in [6, 6.07) is 7.60. The Bertz CT molecular complexity index is 321. The summed E-state index contributed by atoms with van der Waals surface area (Å²) >= 11 is 0. The molecule has 15 heavy (non-hydrogen) atoms. The summed E-state index contributed by atoms with van der Waals surface area (Å²) in [4.78, 5) is 2.14. The Kier molecular flexibility index (Phi) is 4.73. The SMILES string of the molecule is C#Cc1ccc(OCCCN(C)C)cc1. The molecule has 0 atom stereocenters. The van der Waals surface area contributed by atoms with E-state index < -0.39 is 0 Å². The molecule has 0 radical (unpaired) electrons. The molecule has 80 valence electrons. The molecule has 0 bridgehead atoms. The molecule has 0 heterocycles. The molecule has 0 aromatic heterocycles. The highest BCUT2D eigenvalue weighted by Crippen LogP contribution is 2.11. The second-order valence-corrected chi connectivity index (χ2v) is 3.67. The van der Waals surface area contributed by atoms with E-state index in [0.29, 0.717) is 0 Å². The fraction of sp³-hybridized carbons (Fsp3) is 0.385. The fourth-order valence-electron chi connectivity index (χ4n) is 1.22. The van der Waals surface area contributed by atoms with Crippen molar-refractivity contribution in [2.45, 2.75) is 6.42 Å². The number of nitrogens with zero attached hydrogens (tertiary/aromatic N) is 1. The highest BCUT2D eigenvalue weighted by Gasteiger charge is 1.94. The van der Waals surface area contributed by atoms with Gasteiger partial charge in [0.15, 0.2) is 0 Å². The van der Waals surface area contributed by atoms with Crippen molar-refractivity contribution in [3.8, 4) is 18.1 Å². The molecule has 2 heteroatoms. The summed E-state index contributed by atoms with van der Waals surface area (Å²) in [5, 5.41) is 0. The minimum Gasteiger partial charge on any atom is -0.494 e. The average molecular weight is 203 g/mol. The van der Waals surface area contributed by atoms with E-state index in [1.54, 1.807) is 0 Å². The first-order valence-electron chi connectivity index (χ1n) is 5.06. The topological polar surface area (TPSA) is 12.5 Å². The third-order valence-corrected chi connectivity index (χ3v) is 2.04. The average Bonchev–Trinajstić information content (AvgIpc) is 2.25. The van der Waals surface area contributed by atoms with E-state index in [4.69, 9.17) is 11.2 Å². The molecule has 1 aromatic carbocycles. The van der Waals surface area contributed by atoms with Gasteiger partial charge in [0, 0.05) is 12.1 Å². The molecule has 0 unspecified atom stereocenters. The van der Waals surface area contributed by atoms with E-state index in [2.05, 4.69) is 24.9 Å². The predicted molar refractivity (Wildman–Crippen MR) is 63.0 cm³/mol. The molecule has 0 saturated heterocycles. The zero-order valence-corrected chi connectivity index (χ0v) is 9.36. The molecule has 2 nitrogen and oxygen atoms in total. The zero-order valence-electron chi connectivity index (χ0n) is 9.36. The third kappa shape index (κ3) is 4.53. The van der Waals surface area contributed by atoms with Gasteiger partial charge >= 0.3 is 0 Å². The zero-order chi connectivity index (χ0) is 11.1. The minimum atomic E-state index is 0.744. The molecular formula is C13H17NO. The smallest absolute Gasteiger partial charge is 0.119 e. The summed E-state index contributed by atoms with van der Waals surface area (Å²) in [7, 11) is 4.11. The van der Waals surface area contributed by atoms with Crippen molar-refractivity contribution in [1.29, 1.82) is 0 Å². The Morgan fingerprint density at radius 3 is 2.47 bits per heavy atom. The second-order valence-electron chi connectivity index (χ2n) is 3.67. The van der Waals surface area contributed by atoms with Crippen LogP contribution in [0.5, 0.6) is 5.75 Å². The molecule has 0 saturated carbocycles. The van der Waals surface area contributed by atoms with Crippen LogP contribution in [0.3, 0.4) is 0 Å². The number of hydrogen-bond acceptors (Lipinski definition) is 2. The quantitative estimate of drug-likeness (QED) is 0.536.